The van der Waals surface area contributed by atoms with E-state index in [-0.39, 0.29) is 16.6 Å². The normalized spacial score (nSPS) is 21.6. The van der Waals surface area contributed by atoms with Crippen molar-refractivity contribution in [3.05, 3.63) is 30.1 Å². The molecule has 1 amide bonds. The molecule has 2 aliphatic heterocycles. The Kier molecular flexibility index (Phi) is 6.61. The van der Waals surface area contributed by atoms with Crippen molar-refractivity contribution in [1.29, 1.82) is 0 Å². The summed E-state index contributed by atoms with van der Waals surface area (Å²) in [6.45, 7) is 2.26. The van der Waals surface area contributed by atoms with Gasteiger partial charge in [-0.2, -0.15) is 13.2 Å². The van der Waals surface area contributed by atoms with Crippen LogP contribution in [0.25, 0.3) is 0 Å². The number of carbonyl (C=O) groups excluding carboxylic acids is 1. The van der Waals surface area contributed by atoms with Gasteiger partial charge in [-0.25, -0.2) is 17.5 Å². The summed E-state index contributed by atoms with van der Waals surface area (Å²) in [5.74, 6) is -2.58. The number of aromatic nitrogens is 1. The summed E-state index contributed by atoms with van der Waals surface area (Å²) in [6.07, 6.45) is 0.372. The number of nitrogens with zero attached hydrogens (tertiary/aromatic N) is 3. The second kappa shape index (κ2) is 8.73. The molecule has 3 aliphatic rings. The molecule has 8 nitrogen and oxygen atoms in total. The minimum Gasteiger partial charge on any atom is -0.475 e. The molecule has 3 heterocycles. The van der Waals surface area contributed by atoms with E-state index < -0.39 is 22.2 Å². The number of sulfonamides is 1. The van der Waals surface area contributed by atoms with E-state index in [4.69, 9.17) is 9.90 Å². The second-order valence-corrected chi connectivity index (χ2v) is 10.2. The number of rotatable bonds is 4. The van der Waals surface area contributed by atoms with Gasteiger partial charge < -0.3 is 10.0 Å². The summed E-state index contributed by atoms with van der Waals surface area (Å²) in [5.41, 5.74) is 0.543. The number of piperidine rings is 1. The predicted molar refractivity (Wildman–Crippen MR) is 103 cm³/mol. The van der Waals surface area contributed by atoms with Crippen molar-refractivity contribution in [3.8, 4) is 0 Å². The van der Waals surface area contributed by atoms with Crippen LogP contribution in [0.3, 0.4) is 0 Å². The molecule has 0 radical (unpaired) electrons. The first kappa shape index (κ1) is 23.5. The van der Waals surface area contributed by atoms with Crippen LogP contribution in [0, 0.1) is 5.41 Å². The molecule has 1 N–H and O–H groups in total. The minimum atomic E-state index is -5.08. The van der Waals surface area contributed by atoms with E-state index in [2.05, 4.69) is 4.98 Å². The topological polar surface area (TPSA) is 108 Å². The molecule has 3 fully saturated rings. The molecule has 1 saturated carbocycles. The molecule has 2 saturated heterocycles. The van der Waals surface area contributed by atoms with E-state index in [1.54, 1.807) is 10.5 Å². The van der Waals surface area contributed by atoms with Crippen molar-refractivity contribution < 1.29 is 36.3 Å². The quantitative estimate of drug-likeness (QED) is 0.732. The van der Waals surface area contributed by atoms with Crippen LogP contribution in [0.2, 0.25) is 0 Å². The minimum absolute atomic E-state index is 0.161. The molecule has 1 aliphatic carbocycles. The Bertz CT molecular complexity index is 911. The van der Waals surface area contributed by atoms with E-state index in [0.29, 0.717) is 32.5 Å². The number of alkyl halides is 3. The maximum absolute atomic E-state index is 12.9. The molecule has 4 rings (SSSR count). The van der Waals surface area contributed by atoms with Crippen LogP contribution < -0.4 is 0 Å². The van der Waals surface area contributed by atoms with Crippen molar-refractivity contribution in [2.75, 3.05) is 19.6 Å². The average molecular weight is 463 g/mol. The third-order valence-electron chi connectivity index (χ3n) is 5.91. The van der Waals surface area contributed by atoms with E-state index in [9.17, 15) is 26.4 Å². The first-order valence-corrected chi connectivity index (χ1v) is 11.4. The summed E-state index contributed by atoms with van der Waals surface area (Å²) in [6, 6.07) is 5.73. The molecule has 0 atom stereocenters. The van der Waals surface area contributed by atoms with Crippen molar-refractivity contribution >= 4 is 21.9 Å². The summed E-state index contributed by atoms with van der Waals surface area (Å²) in [7, 11) is -3.12. The summed E-state index contributed by atoms with van der Waals surface area (Å²) < 4.78 is 58.1. The van der Waals surface area contributed by atoms with Gasteiger partial charge in [0.15, 0.2) is 0 Å². The smallest absolute Gasteiger partial charge is 0.475 e. The van der Waals surface area contributed by atoms with Crippen LogP contribution in [0.4, 0.5) is 13.2 Å². The van der Waals surface area contributed by atoms with E-state index >= 15 is 0 Å². The first-order chi connectivity index (χ1) is 14.5. The van der Waals surface area contributed by atoms with E-state index in [1.807, 2.05) is 23.1 Å². The molecule has 0 unspecified atom stereocenters. The molecule has 12 heteroatoms. The summed E-state index contributed by atoms with van der Waals surface area (Å²) >= 11 is 0. The van der Waals surface area contributed by atoms with Gasteiger partial charge in [0.1, 0.15) is 0 Å². The fourth-order valence-corrected chi connectivity index (χ4v) is 5.79. The summed E-state index contributed by atoms with van der Waals surface area (Å²) in [4.78, 5) is 28.0. The maximum Gasteiger partial charge on any atom is 0.490 e. The van der Waals surface area contributed by atoms with Gasteiger partial charge in [-0.3, -0.25) is 9.78 Å². The third kappa shape index (κ3) is 5.35. The van der Waals surface area contributed by atoms with Gasteiger partial charge in [0.25, 0.3) is 0 Å². The molecule has 0 aromatic carbocycles. The highest BCUT2D eigenvalue weighted by Gasteiger charge is 2.51. The fraction of sp³-hybridized carbons (Fsp3) is 0.632. The van der Waals surface area contributed by atoms with Crippen LogP contribution in [-0.4, -0.2) is 70.7 Å². The number of halogens is 3. The van der Waals surface area contributed by atoms with Gasteiger partial charge in [0.05, 0.1) is 22.9 Å². The van der Waals surface area contributed by atoms with Gasteiger partial charge in [0, 0.05) is 25.8 Å². The number of amides is 1. The molecule has 0 bridgehead atoms. The van der Waals surface area contributed by atoms with Crippen LogP contribution in [-0.2, 0) is 26.2 Å². The second-order valence-electron chi connectivity index (χ2n) is 8.02. The number of pyridine rings is 1. The zero-order chi connectivity index (χ0) is 22.9. The lowest BCUT2D eigenvalue weighted by atomic mass is 9.77. The standard InChI is InChI=1S/C17H23N3O3S.C2HF3O2/c21-16-17(6-10-19(16)13-14-3-1-2-9-18-14)7-11-20(12-8-17)24(22,23)15-4-5-15;3-2(4,5)1(6)7/h1-3,9,15H,4-8,10-13H2;(H,6,7). The lowest BCUT2D eigenvalue weighted by Gasteiger charge is -2.37. The number of carbonyl (C=O) groups is 2. The fourth-order valence-electron chi connectivity index (χ4n) is 3.94. The molecule has 1 aromatic heterocycles. The average Bonchev–Trinajstić information content (AvgIpc) is 3.54. The highest BCUT2D eigenvalue weighted by molar-refractivity contribution is 7.90. The van der Waals surface area contributed by atoms with Gasteiger partial charge in [-0.05, 0) is 44.2 Å². The molecule has 1 aromatic rings. The number of carboxylic acid groups (broad SMARTS) is 1. The van der Waals surface area contributed by atoms with Gasteiger partial charge in [-0.1, -0.05) is 6.07 Å². The highest BCUT2D eigenvalue weighted by atomic mass is 32.2. The monoisotopic (exact) mass is 463 g/mol. The van der Waals surface area contributed by atoms with Crippen molar-refractivity contribution in [3.63, 3.8) is 0 Å². The van der Waals surface area contributed by atoms with Gasteiger partial charge >= 0.3 is 12.1 Å². The Balaban J connectivity index is 0.000000339. The zero-order valence-electron chi connectivity index (χ0n) is 16.7. The number of hydrogen-bond acceptors (Lipinski definition) is 5. The molecular weight excluding hydrogens is 439 g/mol. The van der Waals surface area contributed by atoms with E-state index in [1.165, 1.54) is 0 Å². The number of aliphatic carboxylic acids is 1. The van der Waals surface area contributed by atoms with Gasteiger partial charge in [0.2, 0.25) is 15.9 Å². The Hall–Kier alpha value is -2.21. The third-order valence-corrected chi connectivity index (χ3v) is 8.31. The molecule has 1 spiro atoms. The van der Waals surface area contributed by atoms with Crippen LogP contribution in [0.15, 0.2) is 24.4 Å². The highest BCUT2D eigenvalue weighted by Crippen LogP contribution is 2.43. The molecule has 172 valence electrons. The predicted octanol–water partition coefficient (Wildman–Crippen LogP) is 2.02. The van der Waals surface area contributed by atoms with Crippen LogP contribution in [0.5, 0.6) is 0 Å². The lowest BCUT2D eigenvalue weighted by Crippen LogP contribution is -2.47. The number of likely N-dealkylation sites (tertiary alicyclic amines) is 1. The van der Waals surface area contributed by atoms with Crippen molar-refractivity contribution in [2.24, 2.45) is 5.41 Å². The molecule has 31 heavy (non-hydrogen) atoms. The first-order valence-electron chi connectivity index (χ1n) is 9.94. The number of hydrogen-bond donors (Lipinski definition) is 1. The maximum atomic E-state index is 12.9. The largest absolute Gasteiger partial charge is 0.490 e. The van der Waals surface area contributed by atoms with Crippen LogP contribution >= 0.6 is 0 Å². The van der Waals surface area contributed by atoms with Crippen molar-refractivity contribution in [2.45, 2.75) is 50.1 Å². The zero-order valence-corrected chi connectivity index (χ0v) is 17.5. The Morgan fingerprint density at radius 2 is 1.74 bits per heavy atom. The Labute approximate surface area is 178 Å². The van der Waals surface area contributed by atoms with E-state index in [0.717, 1.165) is 31.5 Å². The van der Waals surface area contributed by atoms with Crippen molar-refractivity contribution in [1.82, 2.24) is 14.2 Å². The van der Waals surface area contributed by atoms with Crippen LogP contribution in [0.1, 0.15) is 37.8 Å². The molecular formula is C19H24F3N3O5S. The Morgan fingerprint density at radius 3 is 2.23 bits per heavy atom. The number of carboxylic acids is 1. The summed E-state index contributed by atoms with van der Waals surface area (Å²) in [5, 5.41) is 6.96. The SMILES string of the molecule is O=C(O)C(F)(F)F.O=C1N(Cc2ccccn2)CCC12CCN(S(=O)(=O)C1CC1)CC2. The van der Waals surface area contributed by atoms with Gasteiger partial charge in [-0.15, -0.1) is 0 Å². The Morgan fingerprint density at radius 1 is 1.16 bits per heavy atom. The lowest BCUT2D eigenvalue weighted by molar-refractivity contribution is -0.192.